The minimum Gasteiger partial charge on any atom is -0.337 e. The molecule has 4 rings (SSSR count). The maximum atomic E-state index is 12.7. The van der Waals surface area contributed by atoms with Crippen molar-refractivity contribution in [2.24, 2.45) is 0 Å². The summed E-state index contributed by atoms with van der Waals surface area (Å²) in [6.07, 6.45) is 8.07. The molecular formula is C18H23N3OS. The van der Waals surface area contributed by atoms with E-state index in [9.17, 15) is 4.79 Å². The zero-order chi connectivity index (χ0) is 15.8. The van der Waals surface area contributed by atoms with E-state index in [0.29, 0.717) is 12.0 Å². The molecule has 5 heteroatoms. The van der Waals surface area contributed by atoms with Crippen molar-refractivity contribution >= 4 is 17.2 Å². The number of thiophene rings is 1. The van der Waals surface area contributed by atoms with Gasteiger partial charge in [-0.05, 0) is 44.1 Å². The Kier molecular flexibility index (Phi) is 3.97. The molecule has 0 bridgehead atoms. The van der Waals surface area contributed by atoms with Gasteiger partial charge in [-0.15, -0.1) is 0 Å². The van der Waals surface area contributed by atoms with Gasteiger partial charge in [0, 0.05) is 36.3 Å². The molecule has 0 radical (unpaired) electrons. The van der Waals surface area contributed by atoms with Gasteiger partial charge < -0.3 is 9.47 Å². The molecule has 4 nitrogen and oxygen atoms in total. The van der Waals surface area contributed by atoms with Crippen LogP contribution in [-0.2, 0) is 0 Å². The Bertz CT molecular complexity index is 687. The Labute approximate surface area is 141 Å². The third-order valence-electron chi connectivity index (χ3n) is 5.30. The van der Waals surface area contributed by atoms with Gasteiger partial charge in [0.15, 0.2) is 0 Å². The molecule has 0 N–H and O–H groups in total. The minimum absolute atomic E-state index is 0.180. The fraction of sp³-hybridized carbons (Fsp3) is 0.556. The molecule has 2 fully saturated rings. The number of rotatable bonds is 3. The molecule has 1 unspecified atom stereocenters. The molecule has 1 saturated heterocycles. The van der Waals surface area contributed by atoms with Crippen LogP contribution in [0.15, 0.2) is 23.0 Å². The van der Waals surface area contributed by atoms with Crippen molar-refractivity contribution in [1.82, 2.24) is 14.5 Å². The molecule has 2 aromatic rings. The smallest absolute Gasteiger partial charge is 0.254 e. The molecule has 2 aromatic heterocycles. The maximum absolute atomic E-state index is 12.7. The second-order valence-corrected chi connectivity index (χ2v) is 7.59. The highest BCUT2D eigenvalue weighted by molar-refractivity contribution is 7.08. The van der Waals surface area contributed by atoms with E-state index in [1.54, 1.807) is 11.3 Å². The highest BCUT2D eigenvalue weighted by atomic mass is 32.1. The summed E-state index contributed by atoms with van der Waals surface area (Å²) in [7, 11) is 0. The van der Waals surface area contributed by atoms with Gasteiger partial charge in [-0.1, -0.05) is 6.42 Å². The van der Waals surface area contributed by atoms with E-state index in [-0.39, 0.29) is 5.91 Å². The van der Waals surface area contributed by atoms with E-state index in [0.717, 1.165) is 31.5 Å². The quantitative estimate of drug-likeness (QED) is 0.854. The van der Waals surface area contributed by atoms with Crippen LogP contribution in [0.1, 0.15) is 65.9 Å². The van der Waals surface area contributed by atoms with E-state index in [4.69, 9.17) is 4.98 Å². The standard InChI is InChI=1S/C18H23N3OS/c1-13-10-19-17(14-4-2-5-14)21(13)16-6-3-8-20(11-16)18(22)15-7-9-23-12-15/h7,9-10,12,14,16H,2-6,8,11H2,1H3. The first-order valence-corrected chi connectivity index (χ1v) is 9.53. The largest absolute Gasteiger partial charge is 0.337 e. The van der Waals surface area contributed by atoms with Crippen LogP contribution in [0.25, 0.3) is 0 Å². The Hall–Kier alpha value is -1.62. The second-order valence-electron chi connectivity index (χ2n) is 6.81. The average molecular weight is 329 g/mol. The molecule has 23 heavy (non-hydrogen) atoms. The first-order chi connectivity index (χ1) is 11.2. The lowest BCUT2D eigenvalue weighted by Crippen LogP contribution is -2.41. The fourth-order valence-corrected chi connectivity index (χ4v) is 4.46. The lowest BCUT2D eigenvalue weighted by atomic mass is 9.84. The highest BCUT2D eigenvalue weighted by Crippen LogP contribution is 2.38. The van der Waals surface area contributed by atoms with E-state index in [1.807, 2.05) is 27.9 Å². The summed E-state index contributed by atoms with van der Waals surface area (Å²) < 4.78 is 2.43. The summed E-state index contributed by atoms with van der Waals surface area (Å²) in [5.74, 6) is 2.06. The number of aryl methyl sites for hydroxylation is 1. The van der Waals surface area contributed by atoms with Gasteiger partial charge in [-0.3, -0.25) is 4.79 Å². The predicted molar refractivity (Wildman–Crippen MR) is 92.0 cm³/mol. The summed E-state index contributed by atoms with van der Waals surface area (Å²) in [5, 5.41) is 3.93. The first kappa shape index (κ1) is 14.9. The zero-order valence-corrected chi connectivity index (χ0v) is 14.4. The SMILES string of the molecule is Cc1cnc(C2CCC2)n1C1CCCN(C(=O)c2ccsc2)C1. The number of carbonyl (C=O) groups is 1. The number of aromatic nitrogens is 2. The van der Waals surface area contributed by atoms with Gasteiger partial charge in [0.05, 0.1) is 11.6 Å². The summed E-state index contributed by atoms with van der Waals surface area (Å²) >= 11 is 1.59. The van der Waals surface area contributed by atoms with Crippen molar-refractivity contribution in [3.8, 4) is 0 Å². The van der Waals surface area contributed by atoms with Gasteiger partial charge >= 0.3 is 0 Å². The van der Waals surface area contributed by atoms with Crippen LogP contribution in [0.5, 0.6) is 0 Å². The van der Waals surface area contributed by atoms with Crippen molar-refractivity contribution in [2.45, 2.75) is 51.0 Å². The molecule has 0 spiro atoms. The van der Waals surface area contributed by atoms with Crippen LogP contribution in [-0.4, -0.2) is 33.4 Å². The van der Waals surface area contributed by atoms with E-state index in [2.05, 4.69) is 11.5 Å². The highest BCUT2D eigenvalue weighted by Gasteiger charge is 2.31. The fourth-order valence-electron chi connectivity index (χ4n) is 3.83. The number of piperidine rings is 1. The van der Waals surface area contributed by atoms with Crippen LogP contribution in [0.3, 0.4) is 0 Å². The van der Waals surface area contributed by atoms with Crippen molar-refractivity contribution < 1.29 is 4.79 Å². The molecule has 1 amide bonds. The first-order valence-electron chi connectivity index (χ1n) is 8.59. The molecular weight excluding hydrogens is 306 g/mol. The van der Waals surface area contributed by atoms with Crippen LogP contribution in [0, 0.1) is 6.92 Å². The van der Waals surface area contributed by atoms with Crippen molar-refractivity contribution in [1.29, 1.82) is 0 Å². The van der Waals surface area contributed by atoms with Gasteiger partial charge in [0.2, 0.25) is 0 Å². The van der Waals surface area contributed by atoms with E-state index in [1.165, 1.54) is 30.8 Å². The molecule has 0 aromatic carbocycles. The molecule has 1 aliphatic carbocycles. The second kappa shape index (κ2) is 6.11. The molecule has 3 heterocycles. The third-order valence-corrected chi connectivity index (χ3v) is 5.98. The maximum Gasteiger partial charge on any atom is 0.254 e. The Morgan fingerprint density at radius 3 is 2.87 bits per heavy atom. The summed E-state index contributed by atoms with van der Waals surface area (Å²) in [6, 6.07) is 2.31. The molecule has 2 aliphatic rings. The minimum atomic E-state index is 0.180. The third kappa shape index (κ3) is 2.71. The number of amides is 1. The number of hydrogen-bond donors (Lipinski definition) is 0. The van der Waals surface area contributed by atoms with Crippen LogP contribution in [0.4, 0.5) is 0 Å². The van der Waals surface area contributed by atoms with Crippen molar-refractivity contribution in [3.63, 3.8) is 0 Å². The summed E-state index contributed by atoms with van der Waals surface area (Å²) in [5.41, 5.74) is 2.07. The Balaban J connectivity index is 1.56. The van der Waals surface area contributed by atoms with Crippen molar-refractivity contribution in [2.75, 3.05) is 13.1 Å². The van der Waals surface area contributed by atoms with E-state index >= 15 is 0 Å². The number of carbonyl (C=O) groups excluding carboxylic acids is 1. The number of imidazole rings is 1. The van der Waals surface area contributed by atoms with Gasteiger partial charge in [0.1, 0.15) is 5.82 Å². The predicted octanol–water partition coefficient (Wildman–Crippen LogP) is 4.00. The van der Waals surface area contributed by atoms with Crippen molar-refractivity contribution in [3.05, 3.63) is 40.1 Å². The normalized spacial score (nSPS) is 22.1. The zero-order valence-electron chi connectivity index (χ0n) is 13.6. The number of likely N-dealkylation sites (tertiary alicyclic amines) is 1. The Morgan fingerprint density at radius 1 is 1.30 bits per heavy atom. The monoisotopic (exact) mass is 329 g/mol. The van der Waals surface area contributed by atoms with Crippen LogP contribution < -0.4 is 0 Å². The van der Waals surface area contributed by atoms with Crippen LogP contribution >= 0.6 is 11.3 Å². The lowest BCUT2D eigenvalue weighted by Gasteiger charge is -2.36. The summed E-state index contributed by atoms with van der Waals surface area (Å²) in [6.45, 7) is 3.83. The van der Waals surface area contributed by atoms with Crippen LogP contribution in [0.2, 0.25) is 0 Å². The van der Waals surface area contributed by atoms with Gasteiger partial charge in [-0.2, -0.15) is 11.3 Å². The summed E-state index contributed by atoms with van der Waals surface area (Å²) in [4.78, 5) is 19.4. The molecule has 1 saturated carbocycles. The van der Waals surface area contributed by atoms with E-state index < -0.39 is 0 Å². The average Bonchev–Trinajstić information content (AvgIpc) is 3.15. The lowest BCUT2D eigenvalue weighted by molar-refractivity contribution is 0.0676. The molecule has 1 aliphatic heterocycles. The van der Waals surface area contributed by atoms with Gasteiger partial charge in [0.25, 0.3) is 5.91 Å². The molecule has 1 atom stereocenters. The Morgan fingerprint density at radius 2 is 2.17 bits per heavy atom. The molecule has 122 valence electrons. The topological polar surface area (TPSA) is 38.1 Å². The number of nitrogens with zero attached hydrogens (tertiary/aromatic N) is 3. The number of hydrogen-bond acceptors (Lipinski definition) is 3. The van der Waals surface area contributed by atoms with Gasteiger partial charge in [-0.25, -0.2) is 4.98 Å².